The van der Waals surface area contributed by atoms with Gasteiger partial charge in [-0.25, -0.2) is 0 Å². The molecule has 1 unspecified atom stereocenters. The molecule has 0 bridgehead atoms. The highest BCUT2D eigenvalue weighted by Crippen LogP contribution is 2.18. The summed E-state index contributed by atoms with van der Waals surface area (Å²) < 4.78 is 0. The Morgan fingerprint density at radius 1 is 1.09 bits per heavy atom. The molecule has 2 aromatic carbocycles. The molecule has 2 rings (SSSR count). The molecule has 1 atom stereocenters. The van der Waals surface area contributed by atoms with Crippen LogP contribution in [0.5, 0.6) is 0 Å². The van der Waals surface area contributed by atoms with Gasteiger partial charge in [-0.3, -0.25) is 4.79 Å². The van der Waals surface area contributed by atoms with E-state index in [2.05, 4.69) is 60.0 Å². The molecule has 4 heteroatoms. The van der Waals surface area contributed by atoms with Gasteiger partial charge in [-0.2, -0.15) is 0 Å². The molecule has 23 heavy (non-hydrogen) atoms. The Hall–Kier alpha value is -2.33. The number of anilines is 1. The number of nitrogens with one attached hydrogen (secondary N) is 2. The van der Waals surface area contributed by atoms with Gasteiger partial charge in [0, 0.05) is 18.3 Å². The smallest absolute Gasteiger partial charge is 0.231 e. The third-order valence-electron chi connectivity index (χ3n) is 3.81. The van der Waals surface area contributed by atoms with Gasteiger partial charge in [0.25, 0.3) is 0 Å². The van der Waals surface area contributed by atoms with Gasteiger partial charge in [-0.1, -0.05) is 48.5 Å². The van der Waals surface area contributed by atoms with Crippen molar-refractivity contribution in [2.75, 3.05) is 11.9 Å². The number of primary amides is 1. The summed E-state index contributed by atoms with van der Waals surface area (Å²) in [6, 6.07) is 19.0. The summed E-state index contributed by atoms with van der Waals surface area (Å²) >= 11 is 0. The first kappa shape index (κ1) is 17.0. The zero-order valence-corrected chi connectivity index (χ0v) is 13.6. The highest BCUT2D eigenvalue weighted by atomic mass is 16.1. The van der Waals surface area contributed by atoms with Gasteiger partial charge in [0.15, 0.2) is 0 Å². The molecule has 0 radical (unpaired) electrons. The van der Waals surface area contributed by atoms with Gasteiger partial charge in [0.2, 0.25) is 5.91 Å². The van der Waals surface area contributed by atoms with Crippen LogP contribution in [0, 0.1) is 0 Å². The van der Waals surface area contributed by atoms with Crippen LogP contribution >= 0.6 is 0 Å². The van der Waals surface area contributed by atoms with Gasteiger partial charge in [-0.15, -0.1) is 0 Å². The van der Waals surface area contributed by atoms with Gasteiger partial charge in [-0.05, 0) is 37.0 Å². The predicted molar refractivity (Wildman–Crippen MR) is 95.2 cm³/mol. The summed E-state index contributed by atoms with van der Waals surface area (Å²) in [5.41, 5.74) is 8.87. The quantitative estimate of drug-likeness (QED) is 0.667. The van der Waals surface area contributed by atoms with Crippen LogP contribution in [-0.4, -0.2) is 18.5 Å². The highest BCUT2D eigenvalue weighted by molar-refractivity contribution is 5.75. The molecule has 0 saturated carbocycles. The number of nitrogens with two attached hydrogens (primary N) is 1. The Labute approximate surface area is 138 Å². The monoisotopic (exact) mass is 311 g/mol. The minimum atomic E-state index is -0.318. The number of aryl methyl sites for hydroxylation is 1. The van der Waals surface area contributed by atoms with Crippen molar-refractivity contribution in [2.45, 2.75) is 32.4 Å². The van der Waals surface area contributed by atoms with Crippen LogP contribution in [0.3, 0.4) is 0 Å². The molecule has 0 heterocycles. The minimum absolute atomic E-state index is 0.231. The normalized spacial score (nSPS) is 11.9. The average molecular weight is 311 g/mol. The van der Waals surface area contributed by atoms with Crippen LogP contribution in [0.2, 0.25) is 0 Å². The summed E-state index contributed by atoms with van der Waals surface area (Å²) in [5, 5.41) is 6.64. The third kappa shape index (κ3) is 6.12. The maximum absolute atomic E-state index is 10.8. The fourth-order valence-electron chi connectivity index (χ4n) is 2.45. The molecular formula is C19H25N3O. The standard InChI is InChI=1S/C19H25N3O/c1-15(21-14-19(20)23)11-12-17-9-5-6-10-18(17)22-13-16-7-3-2-4-8-16/h2-10,15,21-22H,11-14H2,1H3,(H2,20,23). The number of amides is 1. The van der Waals surface area contributed by atoms with Gasteiger partial charge < -0.3 is 16.4 Å². The van der Waals surface area contributed by atoms with E-state index in [9.17, 15) is 4.79 Å². The molecule has 0 aliphatic rings. The molecule has 4 nitrogen and oxygen atoms in total. The second kappa shape index (κ2) is 8.96. The fourth-order valence-corrected chi connectivity index (χ4v) is 2.45. The SMILES string of the molecule is CC(CCc1ccccc1NCc1ccccc1)NCC(N)=O. The first-order valence-electron chi connectivity index (χ1n) is 8.02. The summed E-state index contributed by atoms with van der Waals surface area (Å²) in [4.78, 5) is 10.8. The van der Waals surface area contributed by atoms with Crippen molar-refractivity contribution in [3.05, 3.63) is 65.7 Å². The molecule has 0 fully saturated rings. The maximum atomic E-state index is 10.8. The Morgan fingerprint density at radius 2 is 1.78 bits per heavy atom. The van der Waals surface area contributed by atoms with Crippen molar-refractivity contribution in [3.8, 4) is 0 Å². The number of para-hydroxylation sites is 1. The third-order valence-corrected chi connectivity index (χ3v) is 3.81. The first-order valence-corrected chi connectivity index (χ1v) is 8.02. The van der Waals surface area contributed by atoms with E-state index in [1.807, 2.05) is 12.1 Å². The Morgan fingerprint density at radius 3 is 2.52 bits per heavy atom. The summed E-state index contributed by atoms with van der Waals surface area (Å²) in [5.74, 6) is -0.318. The number of carbonyl (C=O) groups is 1. The lowest BCUT2D eigenvalue weighted by Gasteiger charge is -2.15. The largest absolute Gasteiger partial charge is 0.381 e. The fraction of sp³-hybridized carbons (Fsp3) is 0.316. The van der Waals surface area contributed by atoms with Crippen molar-refractivity contribution in [2.24, 2.45) is 5.73 Å². The summed E-state index contributed by atoms with van der Waals surface area (Å²) in [6.07, 6.45) is 1.90. The molecule has 0 saturated heterocycles. The lowest BCUT2D eigenvalue weighted by molar-refractivity contribution is -0.117. The molecule has 2 aromatic rings. The second-order valence-electron chi connectivity index (χ2n) is 5.78. The van der Waals surface area contributed by atoms with E-state index in [0.717, 1.165) is 19.4 Å². The highest BCUT2D eigenvalue weighted by Gasteiger charge is 2.06. The van der Waals surface area contributed by atoms with Crippen molar-refractivity contribution in [1.82, 2.24) is 5.32 Å². The van der Waals surface area contributed by atoms with Crippen LogP contribution in [0.4, 0.5) is 5.69 Å². The van der Waals surface area contributed by atoms with Crippen LogP contribution in [0.15, 0.2) is 54.6 Å². The Kier molecular flexibility index (Phi) is 6.63. The van der Waals surface area contributed by atoms with E-state index in [4.69, 9.17) is 5.73 Å². The topological polar surface area (TPSA) is 67.2 Å². The van der Waals surface area contributed by atoms with E-state index in [-0.39, 0.29) is 18.5 Å². The van der Waals surface area contributed by atoms with Gasteiger partial charge >= 0.3 is 0 Å². The lowest BCUT2D eigenvalue weighted by atomic mass is 10.0. The van der Waals surface area contributed by atoms with Crippen LogP contribution < -0.4 is 16.4 Å². The van der Waals surface area contributed by atoms with E-state index in [1.165, 1.54) is 16.8 Å². The van der Waals surface area contributed by atoms with Crippen molar-refractivity contribution in [3.63, 3.8) is 0 Å². The number of hydrogen-bond donors (Lipinski definition) is 3. The van der Waals surface area contributed by atoms with E-state index in [1.54, 1.807) is 0 Å². The summed E-state index contributed by atoms with van der Waals surface area (Å²) in [6.45, 7) is 3.12. The number of benzene rings is 2. The molecule has 0 aliphatic carbocycles. The van der Waals surface area contributed by atoms with Crippen LogP contribution in [0.25, 0.3) is 0 Å². The lowest BCUT2D eigenvalue weighted by Crippen LogP contribution is -2.35. The van der Waals surface area contributed by atoms with E-state index in [0.29, 0.717) is 0 Å². The van der Waals surface area contributed by atoms with Crippen LogP contribution in [0.1, 0.15) is 24.5 Å². The molecule has 0 aliphatic heterocycles. The Balaban J connectivity index is 1.88. The maximum Gasteiger partial charge on any atom is 0.231 e. The van der Waals surface area contributed by atoms with E-state index >= 15 is 0 Å². The van der Waals surface area contributed by atoms with Crippen molar-refractivity contribution < 1.29 is 4.79 Å². The number of rotatable bonds is 9. The molecule has 122 valence electrons. The van der Waals surface area contributed by atoms with E-state index < -0.39 is 0 Å². The zero-order chi connectivity index (χ0) is 16.5. The van der Waals surface area contributed by atoms with Gasteiger partial charge in [0.05, 0.1) is 6.54 Å². The second-order valence-corrected chi connectivity index (χ2v) is 5.78. The van der Waals surface area contributed by atoms with Crippen molar-refractivity contribution >= 4 is 11.6 Å². The van der Waals surface area contributed by atoms with Gasteiger partial charge in [0.1, 0.15) is 0 Å². The molecule has 1 amide bonds. The zero-order valence-electron chi connectivity index (χ0n) is 13.6. The number of carbonyl (C=O) groups excluding carboxylic acids is 1. The first-order chi connectivity index (χ1) is 11.1. The molecular weight excluding hydrogens is 286 g/mol. The summed E-state index contributed by atoms with van der Waals surface area (Å²) in [7, 11) is 0. The molecule has 0 spiro atoms. The predicted octanol–water partition coefficient (Wildman–Crippen LogP) is 2.69. The average Bonchev–Trinajstić information content (AvgIpc) is 2.58. The Bertz CT molecular complexity index is 613. The number of hydrogen-bond acceptors (Lipinski definition) is 3. The minimum Gasteiger partial charge on any atom is -0.381 e. The van der Waals surface area contributed by atoms with Crippen LogP contribution in [-0.2, 0) is 17.8 Å². The van der Waals surface area contributed by atoms with Crippen molar-refractivity contribution in [1.29, 1.82) is 0 Å². The molecule has 0 aromatic heterocycles. The molecule has 4 N–H and O–H groups in total.